The van der Waals surface area contributed by atoms with Crippen LogP contribution in [0.2, 0.25) is 0 Å². The van der Waals surface area contributed by atoms with Crippen molar-refractivity contribution in [3.63, 3.8) is 0 Å². The first kappa shape index (κ1) is 14.3. The summed E-state index contributed by atoms with van der Waals surface area (Å²) in [5, 5.41) is 3.21. The Balaban J connectivity index is 2.99. The van der Waals surface area contributed by atoms with Crippen molar-refractivity contribution in [3.05, 3.63) is 29.3 Å². The molecule has 0 aliphatic heterocycles. The van der Waals surface area contributed by atoms with Crippen molar-refractivity contribution in [1.82, 2.24) is 5.06 Å². The van der Waals surface area contributed by atoms with Gasteiger partial charge in [-0.15, -0.1) is 0 Å². The summed E-state index contributed by atoms with van der Waals surface area (Å²) in [6.07, 6.45) is -4.44. The molecule has 1 aromatic carbocycles. The van der Waals surface area contributed by atoms with Gasteiger partial charge in [0.15, 0.2) is 0 Å². The summed E-state index contributed by atoms with van der Waals surface area (Å²) in [5.74, 6) is 0. The molecule has 100 valence electrons. The second-order valence-corrected chi connectivity index (χ2v) is 3.64. The molecular weight excluding hydrogens is 249 g/mol. The molecule has 0 atom stereocenters. The summed E-state index contributed by atoms with van der Waals surface area (Å²) in [7, 11) is 2.62. The zero-order chi connectivity index (χ0) is 13.9. The maximum Gasteiger partial charge on any atom is 0.416 e. The van der Waals surface area contributed by atoms with E-state index in [4.69, 9.17) is 0 Å². The zero-order valence-electron chi connectivity index (χ0n) is 10.1. The van der Waals surface area contributed by atoms with Crippen LogP contribution in [0.5, 0.6) is 0 Å². The lowest BCUT2D eigenvalue weighted by molar-refractivity contribution is -0.137. The monoisotopic (exact) mass is 262 g/mol. The number of nitrogens with one attached hydrogen (secondary N) is 1. The van der Waals surface area contributed by atoms with Crippen molar-refractivity contribution in [2.75, 3.05) is 19.5 Å². The van der Waals surface area contributed by atoms with Gasteiger partial charge >= 0.3 is 12.2 Å². The predicted molar refractivity (Wildman–Crippen MR) is 60.0 cm³/mol. The van der Waals surface area contributed by atoms with Crippen molar-refractivity contribution >= 4 is 11.7 Å². The molecule has 18 heavy (non-hydrogen) atoms. The van der Waals surface area contributed by atoms with Gasteiger partial charge in [-0.05, 0) is 24.6 Å². The van der Waals surface area contributed by atoms with Crippen molar-refractivity contribution in [3.8, 4) is 0 Å². The average Bonchev–Trinajstić information content (AvgIpc) is 2.29. The summed E-state index contributed by atoms with van der Waals surface area (Å²) in [6, 6.07) is 2.49. The average molecular weight is 262 g/mol. The lowest BCUT2D eigenvalue weighted by Gasteiger charge is -2.17. The number of hydrogen-bond donors (Lipinski definition) is 1. The molecule has 4 nitrogen and oxygen atoms in total. The van der Waals surface area contributed by atoms with E-state index in [9.17, 15) is 18.0 Å². The van der Waals surface area contributed by atoms with Gasteiger partial charge in [0.05, 0.1) is 12.7 Å². The van der Waals surface area contributed by atoms with E-state index in [0.717, 1.165) is 17.2 Å². The predicted octanol–water partition coefficient (Wildman–Crippen LogP) is 3.04. The fourth-order valence-corrected chi connectivity index (χ4v) is 1.21. The van der Waals surface area contributed by atoms with Gasteiger partial charge < -0.3 is 5.32 Å². The van der Waals surface area contributed by atoms with Crippen molar-refractivity contribution < 1.29 is 22.8 Å². The zero-order valence-corrected chi connectivity index (χ0v) is 10.1. The van der Waals surface area contributed by atoms with Gasteiger partial charge in [-0.3, -0.25) is 4.84 Å². The Labute approximate surface area is 102 Å². The molecule has 1 N–H and O–H groups in total. The second-order valence-electron chi connectivity index (χ2n) is 3.64. The molecule has 0 radical (unpaired) electrons. The number of nitrogens with zero attached hydrogens (tertiary/aromatic N) is 1. The molecule has 0 unspecified atom stereocenters. The number of carbonyl (C=O) groups is 1. The summed E-state index contributed by atoms with van der Waals surface area (Å²) < 4.78 is 37.5. The highest BCUT2D eigenvalue weighted by atomic mass is 19.4. The normalized spacial score (nSPS) is 11.2. The standard InChI is InChI=1S/C11H13F3N2O2/c1-7-4-5-8(11(12,13)14)6-9(7)15-10(17)16(2)18-3/h4-6H,1-3H3,(H,15,17). The van der Waals surface area contributed by atoms with E-state index in [0.29, 0.717) is 5.56 Å². The molecule has 0 aliphatic rings. The first-order valence-corrected chi connectivity index (χ1v) is 5.02. The largest absolute Gasteiger partial charge is 0.416 e. The lowest BCUT2D eigenvalue weighted by Crippen LogP contribution is -2.30. The highest BCUT2D eigenvalue weighted by molar-refractivity contribution is 5.89. The third-order valence-corrected chi connectivity index (χ3v) is 2.37. The molecular formula is C11H13F3N2O2. The molecule has 0 fully saturated rings. The van der Waals surface area contributed by atoms with Gasteiger partial charge in [0, 0.05) is 12.7 Å². The molecule has 0 saturated heterocycles. The van der Waals surface area contributed by atoms with Crippen LogP contribution >= 0.6 is 0 Å². The maximum absolute atomic E-state index is 12.5. The summed E-state index contributed by atoms with van der Waals surface area (Å²) in [5.41, 5.74) is -0.192. The van der Waals surface area contributed by atoms with E-state index in [-0.39, 0.29) is 5.69 Å². The van der Waals surface area contributed by atoms with Crippen LogP contribution < -0.4 is 5.32 Å². The number of benzene rings is 1. The van der Waals surface area contributed by atoms with Gasteiger partial charge in [-0.2, -0.15) is 13.2 Å². The highest BCUT2D eigenvalue weighted by Gasteiger charge is 2.31. The quantitative estimate of drug-likeness (QED) is 0.832. The summed E-state index contributed by atoms with van der Waals surface area (Å²) >= 11 is 0. The van der Waals surface area contributed by atoms with Crippen molar-refractivity contribution in [2.45, 2.75) is 13.1 Å². The Hall–Kier alpha value is -1.76. The molecule has 0 spiro atoms. The number of hydroxylamine groups is 2. The fourth-order valence-electron chi connectivity index (χ4n) is 1.21. The Morgan fingerprint density at radius 1 is 1.39 bits per heavy atom. The van der Waals surface area contributed by atoms with Crippen molar-refractivity contribution in [1.29, 1.82) is 0 Å². The molecule has 0 aliphatic carbocycles. The first-order valence-electron chi connectivity index (χ1n) is 5.02. The molecule has 0 saturated carbocycles. The molecule has 0 aromatic heterocycles. The number of hydrogen-bond acceptors (Lipinski definition) is 2. The van der Waals surface area contributed by atoms with Crippen LogP contribution in [0.4, 0.5) is 23.7 Å². The molecule has 0 bridgehead atoms. The third kappa shape index (κ3) is 3.36. The number of anilines is 1. The Morgan fingerprint density at radius 2 is 2.00 bits per heavy atom. The number of alkyl halides is 3. The maximum atomic E-state index is 12.5. The van der Waals surface area contributed by atoms with E-state index >= 15 is 0 Å². The van der Waals surface area contributed by atoms with E-state index in [1.807, 2.05) is 0 Å². The van der Waals surface area contributed by atoms with Crippen LogP contribution in [0.25, 0.3) is 0 Å². The lowest BCUT2D eigenvalue weighted by atomic mass is 10.1. The van der Waals surface area contributed by atoms with Crippen LogP contribution in [0, 0.1) is 6.92 Å². The topological polar surface area (TPSA) is 41.6 Å². The van der Waals surface area contributed by atoms with Crippen LogP contribution in [-0.4, -0.2) is 25.3 Å². The van der Waals surface area contributed by atoms with Crippen LogP contribution in [0.1, 0.15) is 11.1 Å². The van der Waals surface area contributed by atoms with Gasteiger partial charge in [-0.1, -0.05) is 6.07 Å². The number of aryl methyl sites for hydroxylation is 1. The van der Waals surface area contributed by atoms with E-state index < -0.39 is 17.8 Å². The van der Waals surface area contributed by atoms with E-state index in [2.05, 4.69) is 10.2 Å². The molecule has 1 rings (SSSR count). The summed E-state index contributed by atoms with van der Waals surface area (Å²) in [4.78, 5) is 16.1. The highest BCUT2D eigenvalue weighted by Crippen LogP contribution is 2.32. The van der Waals surface area contributed by atoms with Gasteiger partial charge in [0.2, 0.25) is 0 Å². The number of urea groups is 1. The Bertz CT molecular complexity index is 446. The Kier molecular flexibility index (Phi) is 4.18. The van der Waals surface area contributed by atoms with Gasteiger partial charge in [0.1, 0.15) is 0 Å². The molecule has 0 heterocycles. The number of rotatable bonds is 2. The third-order valence-electron chi connectivity index (χ3n) is 2.37. The molecule has 2 amide bonds. The van der Waals surface area contributed by atoms with Crippen LogP contribution in [-0.2, 0) is 11.0 Å². The minimum Gasteiger partial charge on any atom is -0.306 e. The molecule has 7 heteroatoms. The van der Waals surface area contributed by atoms with Gasteiger partial charge in [0.25, 0.3) is 0 Å². The number of carbonyl (C=O) groups excluding carboxylic acids is 1. The first-order chi connectivity index (χ1) is 8.25. The van der Waals surface area contributed by atoms with Crippen molar-refractivity contribution in [2.24, 2.45) is 0 Å². The fraction of sp³-hybridized carbons (Fsp3) is 0.364. The number of amides is 2. The SMILES string of the molecule is CON(C)C(=O)Nc1cc(C(F)(F)F)ccc1C. The number of halogens is 3. The minimum absolute atomic E-state index is 0.0960. The Morgan fingerprint density at radius 3 is 2.50 bits per heavy atom. The second kappa shape index (κ2) is 5.26. The summed E-state index contributed by atoms with van der Waals surface area (Å²) in [6.45, 7) is 1.60. The minimum atomic E-state index is -4.44. The smallest absolute Gasteiger partial charge is 0.306 e. The van der Waals surface area contributed by atoms with Crippen LogP contribution in [0.3, 0.4) is 0 Å². The van der Waals surface area contributed by atoms with E-state index in [1.54, 1.807) is 6.92 Å². The van der Waals surface area contributed by atoms with Crippen LogP contribution in [0.15, 0.2) is 18.2 Å². The molecule has 1 aromatic rings. The van der Waals surface area contributed by atoms with Gasteiger partial charge in [-0.25, -0.2) is 9.86 Å². The van der Waals surface area contributed by atoms with E-state index in [1.165, 1.54) is 20.2 Å².